The van der Waals surface area contributed by atoms with Crippen molar-refractivity contribution in [2.75, 3.05) is 0 Å². The highest BCUT2D eigenvalue weighted by atomic mass is 28.2. The first-order valence-electron chi connectivity index (χ1n) is 1.72. The van der Waals surface area contributed by atoms with Gasteiger partial charge in [-0.15, -0.1) is 0 Å². The third kappa shape index (κ3) is 3.69. The summed E-state index contributed by atoms with van der Waals surface area (Å²) >= 11 is 0. The molecule has 0 aliphatic carbocycles. The van der Waals surface area contributed by atoms with Gasteiger partial charge in [-0.2, -0.15) is 0 Å². The predicted molar refractivity (Wildman–Crippen MR) is 24.8 cm³/mol. The van der Waals surface area contributed by atoms with Crippen molar-refractivity contribution in [3.8, 4) is 0 Å². The van der Waals surface area contributed by atoms with Crippen molar-refractivity contribution in [1.29, 1.82) is 0 Å². The molecule has 0 unspecified atom stereocenters. The van der Waals surface area contributed by atoms with Crippen LogP contribution < -0.4 is 0 Å². The maximum atomic E-state index is 9.84. The second kappa shape index (κ2) is 2.90. The molecule has 0 aliphatic heterocycles. The van der Waals surface area contributed by atoms with Crippen LogP contribution in [0.5, 0.6) is 0 Å². The van der Waals surface area contributed by atoms with Gasteiger partial charge in [0.1, 0.15) is 0 Å². The second-order valence-electron chi connectivity index (χ2n) is 0.845. The van der Waals surface area contributed by atoms with Gasteiger partial charge in [0.05, 0.1) is 0 Å². The first kappa shape index (κ1) is 5.69. The Labute approximate surface area is 39.4 Å². The summed E-state index contributed by atoms with van der Waals surface area (Å²) in [4.78, 5) is 9.84. The van der Waals surface area contributed by atoms with Gasteiger partial charge in [-0.25, -0.2) is 0 Å². The van der Waals surface area contributed by atoms with Gasteiger partial charge in [0, 0.05) is 6.92 Å². The molecular weight excluding hydrogens is 96.1 g/mol. The number of hydrogen-bond acceptors (Lipinski definition) is 2. The first-order valence-corrected chi connectivity index (χ1v) is 3.35. The van der Waals surface area contributed by atoms with Crippen molar-refractivity contribution in [2.24, 2.45) is 0 Å². The molecule has 3 heteroatoms. The van der Waals surface area contributed by atoms with E-state index in [4.69, 9.17) is 0 Å². The average Bonchev–Trinajstić information content (AvgIpc) is 1.35. The third-order valence-electron chi connectivity index (χ3n) is 0.284. The summed E-state index contributed by atoms with van der Waals surface area (Å²) in [6, 6.07) is 0. The topological polar surface area (TPSA) is 26.3 Å². The highest BCUT2D eigenvalue weighted by molar-refractivity contribution is 6.28. The zero-order valence-electron chi connectivity index (χ0n) is 3.89. The molecule has 0 aromatic carbocycles. The molecule has 0 spiro atoms. The van der Waals surface area contributed by atoms with Gasteiger partial charge in [-0.1, -0.05) is 0 Å². The first-order chi connectivity index (χ1) is 2.77. The van der Waals surface area contributed by atoms with E-state index in [2.05, 4.69) is 4.43 Å². The lowest BCUT2D eigenvalue weighted by Crippen LogP contribution is -1.98. The smallest absolute Gasteiger partial charge is 0.289 e. The number of carbonyl (C=O) groups is 1. The molecule has 0 amide bonds. The van der Waals surface area contributed by atoms with Gasteiger partial charge in [0.2, 0.25) is 0 Å². The highest BCUT2D eigenvalue weighted by Crippen LogP contribution is 1.67. The number of rotatable bonds is 1. The Balaban J connectivity index is 2.83. The Hall–Kier alpha value is -0.313. The Bertz CT molecular complexity index is 52.8. The Kier molecular flexibility index (Phi) is 2.75. The molecule has 35 valence electrons. The average molecular weight is 103 g/mol. The van der Waals surface area contributed by atoms with Gasteiger partial charge >= 0.3 is 0 Å². The van der Waals surface area contributed by atoms with Gasteiger partial charge in [-0.05, 0) is 6.55 Å². The lowest BCUT2D eigenvalue weighted by Gasteiger charge is -1.88. The normalized spacial score (nSPS) is 7.67. The summed E-state index contributed by atoms with van der Waals surface area (Å²) in [6.45, 7) is 3.28. The van der Waals surface area contributed by atoms with Crippen LogP contribution in [-0.4, -0.2) is 15.7 Å². The number of hydrogen-bond donors (Lipinski definition) is 0. The van der Waals surface area contributed by atoms with E-state index in [1.807, 2.05) is 6.55 Å². The van der Waals surface area contributed by atoms with Crippen LogP contribution in [0.15, 0.2) is 0 Å². The highest BCUT2D eigenvalue weighted by Gasteiger charge is 1.82. The van der Waals surface area contributed by atoms with E-state index < -0.39 is 0 Å². The molecule has 0 atom stereocenters. The van der Waals surface area contributed by atoms with Crippen molar-refractivity contribution < 1.29 is 9.22 Å². The minimum atomic E-state index is -0.174. The van der Waals surface area contributed by atoms with Crippen molar-refractivity contribution in [3.05, 3.63) is 0 Å². The van der Waals surface area contributed by atoms with Gasteiger partial charge in [0.15, 0.2) is 0 Å². The molecule has 6 heavy (non-hydrogen) atoms. The summed E-state index contributed by atoms with van der Waals surface area (Å²) in [5, 5.41) is 0. The lowest BCUT2D eigenvalue weighted by molar-refractivity contribution is -0.131. The number of carbonyl (C=O) groups excluding carboxylic acids is 1. The van der Waals surface area contributed by atoms with E-state index in [-0.39, 0.29) is 15.7 Å². The van der Waals surface area contributed by atoms with E-state index in [9.17, 15) is 4.79 Å². The summed E-state index contributed by atoms with van der Waals surface area (Å²) < 4.78 is 4.49. The van der Waals surface area contributed by atoms with Crippen LogP contribution in [0.2, 0.25) is 6.55 Å². The van der Waals surface area contributed by atoms with E-state index in [0.717, 1.165) is 0 Å². The van der Waals surface area contributed by atoms with Crippen LogP contribution >= 0.6 is 0 Å². The van der Waals surface area contributed by atoms with Crippen molar-refractivity contribution in [1.82, 2.24) is 0 Å². The van der Waals surface area contributed by atoms with E-state index in [1.54, 1.807) is 0 Å². The summed E-state index contributed by atoms with van der Waals surface area (Å²) in [7, 11) is -0.0972. The standard InChI is InChI=1S/C3H7O2Si/c1-3(4)5-6-2/h6H,1-2H3. The fourth-order valence-corrected chi connectivity index (χ4v) is 0.498. The maximum Gasteiger partial charge on any atom is 0.289 e. The predicted octanol–water partition coefficient (Wildman–Crippen LogP) is -0.0509. The van der Waals surface area contributed by atoms with E-state index in [1.165, 1.54) is 6.92 Å². The summed E-state index contributed by atoms with van der Waals surface area (Å²) in [5.41, 5.74) is 0. The third-order valence-corrected chi connectivity index (χ3v) is 0.851. The zero-order chi connectivity index (χ0) is 4.99. The summed E-state index contributed by atoms with van der Waals surface area (Å²) in [5.74, 6) is -0.174. The quantitative estimate of drug-likeness (QED) is 0.435. The molecule has 0 heterocycles. The molecule has 2 nitrogen and oxygen atoms in total. The van der Waals surface area contributed by atoms with E-state index >= 15 is 0 Å². The monoisotopic (exact) mass is 103 g/mol. The molecule has 0 saturated heterocycles. The van der Waals surface area contributed by atoms with Crippen LogP contribution in [0.1, 0.15) is 6.92 Å². The lowest BCUT2D eigenvalue weighted by atomic mass is 10.9. The van der Waals surface area contributed by atoms with Crippen LogP contribution in [0, 0.1) is 0 Å². The molecular formula is C3H7O2Si. The molecule has 1 radical (unpaired) electrons. The van der Waals surface area contributed by atoms with Crippen LogP contribution in [0.25, 0.3) is 0 Å². The molecule has 0 aliphatic rings. The Morgan fingerprint density at radius 1 is 1.83 bits per heavy atom. The maximum absolute atomic E-state index is 9.84. The minimum absolute atomic E-state index is 0.0972. The molecule has 0 N–H and O–H groups in total. The fourth-order valence-electron chi connectivity index (χ4n) is 0.166. The van der Waals surface area contributed by atoms with Gasteiger partial charge < -0.3 is 4.43 Å². The van der Waals surface area contributed by atoms with Crippen LogP contribution in [0.3, 0.4) is 0 Å². The fraction of sp³-hybridized carbons (Fsp3) is 0.667. The molecule has 0 rings (SSSR count). The minimum Gasteiger partial charge on any atom is -0.521 e. The SMILES string of the molecule is C[SiH]OC(C)=O. The second-order valence-corrected chi connectivity index (χ2v) is 1.55. The van der Waals surface area contributed by atoms with Crippen molar-refractivity contribution in [2.45, 2.75) is 13.5 Å². The Morgan fingerprint density at radius 3 is 2.33 bits per heavy atom. The van der Waals surface area contributed by atoms with Crippen LogP contribution in [-0.2, 0) is 9.22 Å². The molecule has 0 aromatic rings. The van der Waals surface area contributed by atoms with Crippen molar-refractivity contribution in [3.63, 3.8) is 0 Å². The van der Waals surface area contributed by atoms with Crippen molar-refractivity contribution >= 4 is 15.7 Å². The van der Waals surface area contributed by atoms with E-state index in [0.29, 0.717) is 0 Å². The summed E-state index contributed by atoms with van der Waals surface area (Å²) in [6.07, 6.45) is 0. The molecule has 0 fully saturated rings. The zero-order valence-corrected chi connectivity index (χ0v) is 5.05. The van der Waals surface area contributed by atoms with Gasteiger partial charge in [0.25, 0.3) is 15.7 Å². The van der Waals surface area contributed by atoms with Crippen LogP contribution in [0.4, 0.5) is 0 Å². The molecule has 0 bridgehead atoms. The Morgan fingerprint density at radius 2 is 2.33 bits per heavy atom. The molecule has 0 saturated carbocycles. The molecule has 0 aromatic heterocycles. The largest absolute Gasteiger partial charge is 0.521 e. The van der Waals surface area contributed by atoms with Gasteiger partial charge in [-0.3, -0.25) is 4.79 Å².